The predicted molar refractivity (Wildman–Crippen MR) is 74.7 cm³/mol. The Balaban J connectivity index is 2.48. The minimum absolute atomic E-state index is 0.0659. The van der Waals surface area contributed by atoms with Crippen LogP contribution in [0.15, 0.2) is 24.3 Å². The molecule has 1 rings (SSSR count). The molecule has 0 fully saturated rings. The van der Waals surface area contributed by atoms with Gasteiger partial charge in [-0.1, -0.05) is 17.7 Å². The molecule has 0 aliphatic heterocycles. The summed E-state index contributed by atoms with van der Waals surface area (Å²) in [5, 5.41) is 0. The Labute approximate surface area is 109 Å². The molecule has 0 aromatic heterocycles. The fraction of sp³-hybridized carbons (Fsp3) is 0.500. The highest BCUT2D eigenvalue weighted by Crippen LogP contribution is 2.06. The summed E-state index contributed by atoms with van der Waals surface area (Å²) in [4.78, 5) is 16.0. The van der Waals surface area contributed by atoms with Crippen molar-refractivity contribution in [3.05, 3.63) is 35.4 Å². The van der Waals surface area contributed by atoms with Crippen LogP contribution in [0, 0.1) is 6.92 Å². The van der Waals surface area contributed by atoms with E-state index in [1.165, 1.54) is 0 Å². The summed E-state index contributed by atoms with van der Waals surface area (Å²) < 4.78 is 0. The van der Waals surface area contributed by atoms with Crippen molar-refractivity contribution in [3.8, 4) is 0 Å². The Kier molecular flexibility index (Phi) is 5.82. The van der Waals surface area contributed by atoms with Crippen molar-refractivity contribution in [1.82, 2.24) is 9.80 Å². The van der Waals surface area contributed by atoms with Crippen molar-refractivity contribution < 1.29 is 4.79 Å². The van der Waals surface area contributed by atoms with Crippen molar-refractivity contribution in [1.29, 1.82) is 0 Å². The fourth-order valence-electron chi connectivity index (χ4n) is 1.67. The number of benzene rings is 1. The van der Waals surface area contributed by atoms with Crippen LogP contribution < -0.4 is 5.73 Å². The van der Waals surface area contributed by atoms with Crippen molar-refractivity contribution in [2.45, 2.75) is 6.92 Å². The highest BCUT2D eigenvalue weighted by Gasteiger charge is 2.11. The van der Waals surface area contributed by atoms with E-state index in [1.807, 2.05) is 45.3 Å². The van der Waals surface area contributed by atoms with Crippen LogP contribution >= 0.6 is 0 Å². The first-order valence-corrected chi connectivity index (χ1v) is 6.25. The molecule has 2 N–H and O–H groups in total. The maximum Gasteiger partial charge on any atom is 0.253 e. The summed E-state index contributed by atoms with van der Waals surface area (Å²) in [6.45, 7) is 5.06. The molecule has 0 heterocycles. The third-order valence-corrected chi connectivity index (χ3v) is 2.97. The van der Waals surface area contributed by atoms with Gasteiger partial charge in [0.2, 0.25) is 0 Å². The Bertz CT molecular complexity index is 375. The maximum absolute atomic E-state index is 12.1. The van der Waals surface area contributed by atoms with Gasteiger partial charge in [-0.3, -0.25) is 4.79 Å². The molecule has 1 amide bonds. The van der Waals surface area contributed by atoms with Crippen molar-refractivity contribution in [2.24, 2.45) is 5.73 Å². The van der Waals surface area contributed by atoms with Gasteiger partial charge in [0.05, 0.1) is 0 Å². The number of hydrogen-bond acceptors (Lipinski definition) is 3. The van der Waals surface area contributed by atoms with Crippen molar-refractivity contribution >= 4 is 5.91 Å². The Morgan fingerprint density at radius 3 is 2.28 bits per heavy atom. The van der Waals surface area contributed by atoms with E-state index in [9.17, 15) is 4.79 Å². The third kappa shape index (κ3) is 4.47. The smallest absolute Gasteiger partial charge is 0.253 e. The van der Waals surface area contributed by atoms with Gasteiger partial charge < -0.3 is 15.5 Å². The molecule has 0 saturated heterocycles. The quantitative estimate of drug-likeness (QED) is 0.817. The number of nitrogens with two attached hydrogens (primary N) is 1. The van der Waals surface area contributed by atoms with Gasteiger partial charge in [-0.25, -0.2) is 0 Å². The number of aryl methyl sites for hydroxylation is 1. The monoisotopic (exact) mass is 249 g/mol. The Hall–Kier alpha value is -1.39. The first-order valence-electron chi connectivity index (χ1n) is 6.25. The second kappa shape index (κ2) is 7.13. The normalized spacial score (nSPS) is 10.7. The standard InChI is InChI=1S/C14H23N3O/c1-12-4-6-13(7-5-12)14(18)17(3)11-10-16(2)9-8-15/h4-7H,8-11,15H2,1-3H3. The molecular formula is C14H23N3O. The highest BCUT2D eigenvalue weighted by atomic mass is 16.2. The molecule has 4 nitrogen and oxygen atoms in total. The maximum atomic E-state index is 12.1. The predicted octanol–water partition coefficient (Wildman–Crippen LogP) is 0.958. The summed E-state index contributed by atoms with van der Waals surface area (Å²) >= 11 is 0. The van der Waals surface area contributed by atoms with Gasteiger partial charge in [0.15, 0.2) is 0 Å². The summed E-state index contributed by atoms with van der Waals surface area (Å²) in [5.41, 5.74) is 7.38. The van der Waals surface area contributed by atoms with E-state index in [1.54, 1.807) is 4.90 Å². The van der Waals surface area contributed by atoms with Crippen LogP contribution in [0.25, 0.3) is 0 Å². The lowest BCUT2D eigenvalue weighted by Crippen LogP contribution is -2.36. The van der Waals surface area contributed by atoms with Gasteiger partial charge >= 0.3 is 0 Å². The first kappa shape index (κ1) is 14.7. The molecule has 100 valence electrons. The summed E-state index contributed by atoms with van der Waals surface area (Å²) in [6, 6.07) is 7.67. The number of rotatable bonds is 6. The van der Waals surface area contributed by atoms with Gasteiger partial charge in [0, 0.05) is 38.8 Å². The van der Waals surface area contributed by atoms with Crippen molar-refractivity contribution in [2.75, 3.05) is 40.3 Å². The summed E-state index contributed by atoms with van der Waals surface area (Å²) in [6.07, 6.45) is 0. The van der Waals surface area contributed by atoms with Crippen LogP contribution in [0.4, 0.5) is 0 Å². The van der Waals surface area contributed by atoms with E-state index in [2.05, 4.69) is 4.90 Å². The molecule has 1 aromatic carbocycles. The molecule has 0 aliphatic rings. The van der Waals surface area contributed by atoms with Gasteiger partial charge in [0.25, 0.3) is 5.91 Å². The molecule has 0 bridgehead atoms. The molecule has 0 radical (unpaired) electrons. The number of likely N-dealkylation sites (N-methyl/N-ethyl adjacent to an activating group) is 2. The number of hydrogen-bond donors (Lipinski definition) is 1. The Morgan fingerprint density at radius 2 is 1.72 bits per heavy atom. The van der Waals surface area contributed by atoms with Gasteiger partial charge in [0.1, 0.15) is 0 Å². The van der Waals surface area contributed by atoms with E-state index in [4.69, 9.17) is 5.73 Å². The zero-order valence-corrected chi connectivity index (χ0v) is 11.5. The van der Waals surface area contributed by atoms with Crippen LogP contribution in [0.5, 0.6) is 0 Å². The molecule has 0 spiro atoms. The fourth-order valence-corrected chi connectivity index (χ4v) is 1.67. The molecule has 18 heavy (non-hydrogen) atoms. The SMILES string of the molecule is Cc1ccc(C(=O)N(C)CCN(C)CCN)cc1. The molecule has 0 atom stereocenters. The molecule has 1 aromatic rings. The van der Waals surface area contributed by atoms with Crippen LogP contribution in [-0.4, -0.2) is 56.0 Å². The van der Waals surface area contributed by atoms with E-state index < -0.39 is 0 Å². The zero-order valence-electron chi connectivity index (χ0n) is 11.5. The van der Waals surface area contributed by atoms with Crippen LogP contribution in [0.2, 0.25) is 0 Å². The average molecular weight is 249 g/mol. The minimum Gasteiger partial charge on any atom is -0.340 e. The second-order valence-electron chi connectivity index (χ2n) is 4.68. The minimum atomic E-state index is 0.0659. The van der Waals surface area contributed by atoms with Gasteiger partial charge in [-0.2, -0.15) is 0 Å². The lowest BCUT2D eigenvalue weighted by molar-refractivity contribution is 0.0783. The lowest BCUT2D eigenvalue weighted by atomic mass is 10.1. The van der Waals surface area contributed by atoms with Crippen molar-refractivity contribution in [3.63, 3.8) is 0 Å². The van der Waals surface area contributed by atoms with E-state index in [0.29, 0.717) is 13.1 Å². The van der Waals surface area contributed by atoms with E-state index in [-0.39, 0.29) is 5.91 Å². The summed E-state index contributed by atoms with van der Waals surface area (Å²) in [7, 11) is 3.84. The van der Waals surface area contributed by atoms with Gasteiger partial charge in [-0.15, -0.1) is 0 Å². The molecule has 0 saturated carbocycles. The first-order chi connectivity index (χ1) is 8.54. The Morgan fingerprint density at radius 1 is 1.11 bits per heavy atom. The number of carbonyl (C=O) groups is 1. The van der Waals surface area contributed by atoms with Crippen LogP contribution in [0.1, 0.15) is 15.9 Å². The molecule has 4 heteroatoms. The average Bonchev–Trinajstić information content (AvgIpc) is 2.36. The van der Waals surface area contributed by atoms with Crippen LogP contribution in [-0.2, 0) is 0 Å². The number of amides is 1. The topological polar surface area (TPSA) is 49.6 Å². The third-order valence-electron chi connectivity index (χ3n) is 2.97. The largest absolute Gasteiger partial charge is 0.340 e. The summed E-state index contributed by atoms with van der Waals surface area (Å²) in [5.74, 6) is 0.0659. The van der Waals surface area contributed by atoms with E-state index >= 15 is 0 Å². The van der Waals surface area contributed by atoms with Crippen LogP contribution in [0.3, 0.4) is 0 Å². The zero-order chi connectivity index (χ0) is 13.5. The second-order valence-corrected chi connectivity index (χ2v) is 4.68. The molecule has 0 unspecified atom stereocenters. The lowest BCUT2D eigenvalue weighted by Gasteiger charge is -2.21. The highest BCUT2D eigenvalue weighted by molar-refractivity contribution is 5.94. The molecular weight excluding hydrogens is 226 g/mol. The molecule has 0 aliphatic carbocycles. The van der Waals surface area contributed by atoms with Gasteiger partial charge in [-0.05, 0) is 26.1 Å². The van der Waals surface area contributed by atoms with E-state index in [0.717, 1.165) is 24.2 Å². The number of carbonyl (C=O) groups excluding carboxylic acids is 1. The number of nitrogens with zero attached hydrogens (tertiary/aromatic N) is 2.